The maximum absolute atomic E-state index is 12.2. The summed E-state index contributed by atoms with van der Waals surface area (Å²) in [7, 11) is 6.25. The number of carbonyl (C=O) groups is 1. The second-order valence-corrected chi connectivity index (χ2v) is 6.62. The number of amides is 1. The summed E-state index contributed by atoms with van der Waals surface area (Å²) in [6, 6.07) is 0. The lowest BCUT2D eigenvalue weighted by atomic mass is 9.75. The van der Waals surface area contributed by atoms with Gasteiger partial charge in [-0.15, -0.1) is 0 Å². The number of carbonyl (C=O) groups excluding carboxylic acids is 1. The van der Waals surface area contributed by atoms with Crippen LogP contribution in [-0.2, 0) is 4.79 Å². The predicted octanol–water partition coefficient (Wildman–Crippen LogP) is 1.32. The highest BCUT2D eigenvalue weighted by molar-refractivity contribution is 5.76. The van der Waals surface area contributed by atoms with Crippen molar-refractivity contribution < 1.29 is 4.79 Å². The molecule has 1 unspecified atom stereocenters. The molecular weight excluding hydrogens is 238 g/mol. The van der Waals surface area contributed by atoms with Gasteiger partial charge in [0, 0.05) is 25.6 Å². The van der Waals surface area contributed by atoms with Gasteiger partial charge in [-0.3, -0.25) is 4.79 Å². The first kappa shape index (κ1) is 14.8. The van der Waals surface area contributed by atoms with Crippen LogP contribution in [0.25, 0.3) is 0 Å². The van der Waals surface area contributed by atoms with E-state index in [0.717, 1.165) is 26.1 Å². The Morgan fingerprint density at radius 3 is 2.53 bits per heavy atom. The van der Waals surface area contributed by atoms with Gasteiger partial charge in [0.2, 0.25) is 5.91 Å². The first-order valence-electron chi connectivity index (χ1n) is 7.66. The first-order valence-corrected chi connectivity index (χ1v) is 7.66. The fourth-order valence-electron chi connectivity index (χ4n) is 3.34. The van der Waals surface area contributed by atoms with Crippen LogP contribution in [0.2, 0.25) is 0 Å². The lowest BCUT2D eigenvalue weighted by molar-refractivity contribution is -0.133. The molecule has 1 amide bonds. The Balaban J connectivity index is 1.75. The van der Waals surface area contributed by atoms with Gasteiger partial charge in [-0.2, -0.15) is 0 Å². The zero-order chi connectivity index (χ0) is 13.9. The summed E-state index contributed by atoms with van der Waals surface area (Å²) in [4.78, 5) is 16.5. The third-order valence-corrected chi connectivity index (χ3v) is 5.12. The van der Waals surface area contributed by atoms with E-state index >= 15 is 0 Å². The van der Waals surface area contributed by atoms with E-state index in [1.165, 1.54) is 25.7 Å². The molecule has 19 heavy (non-hydrogen) atoms. The van der Waals surface area contributed by atoms with Crippen LogP contribution < -0.4 is 5.32 Å². The van der Waals surface area contributed by atoms with Crippen molar-refractivity contribution in [3.63, 3.8) is 0 Å². The summed E-state index contributed by atoms with van der Waals surface area (Å²) in [5.41, 5.74) is 0.249. The van der Waals surface area contributed by atoms with E-state index in [2.05, 4.69) is 24.3 Å². The Bertz CT molecular complexity index is 307. The molecule has 0 aromatic rings. The Morgan fingerprint density at radius 2 is 2.05 bits per heavy atom. The average molecular weight is 267 g/mol. The molecule has 2 rings (SSSR count). The number of likely N-dealkylation sites (N-methyl/N-ethyl adjacent to an activating group) is 2. The van der Waals surface area contributed by atoms with Crippen LogP contribution in [0.3, 0.4) is 0 Å². The van der Waals surface area contributed by atoms with Gasteiger partial charge >= 0.3 is 0 Å². The normalized spacial score (nSPS) is 25.4. The number of hydrogen-bond donors (Lipinski definition) is 1. The van der Waals surface area contributed by atoms with Crippen molar-refractivity contribution in [2.24, 2.45) is 5.92 Å². The highest BCUT2D eigenvalue weighted by Crippen LogP contribution is 2.36. The van der Waals surface area contributed by atoms with Gasteiger partial charge in [0.15, 0.2) is 0 Å². The molecule has 1 N–H and O–H groups in total. The standard InChI is InChI=1S/C15H29N3O/c1-17(2)15(8-4-9-15)12-18(3)14(19)6-5-13-7-10-16-11-13/h13,16H,4-12H2,1-3H3. The van der Waals surface area contributed by atoms with Crippen molar-refractivity contribution in [3.05, 3.63) is 0 Å². The van der Waals surface area contributed by atoms with Crippen molar-refractivity contribution >= 4 is 5.91 Å². The molecule has 2 aliphatic rings. The van der Waals surface area contributed by atoms with Gasteiger partial charge in [-0.25, -0.2) is 0 Å². The summed E-state index contributed by atoms with van der Waals surface area (Å²) < 4.78 is 0. The van der Waals surface area contributed by atoms with E-state index in [1.54, 1.807) is 0 Å². The van der Waals surface area contributed by atoms with Crippen molar-refractivity contribution in [2.45, 2.75) is 44.1 Å². The monoisotopic (exact) mass is 267 g/mol. The van der Waals surface area contributed by atoms with E-state index in [1.807, 2.05) is 11.9 Å². The summed E-state index contributed by atoms with van der Waals surface area (Å²) in [5, 5.41) is 3.37. The minimum absolute atomic E-state index is 0.249. The molecule has 4 nitrogen and oxygen atoms in total. The Morgan fingerprint density at radius 1 is 1.32 bits per heavy atom. The second kappa shape index (κ2) is 6.23. The van der Waals surface area contributed by atoms with Crippen molar-refractivity contribution in [3.8, 4) is 0 Å². The van der Waals surface area contributed by atoms with Crippen LogP contribution in [0.15, 0.2) is 0 Å². The molecular formula is C15H29N3O. The molecule has 1 heterocycles. The predicted molar refractivity (Wildman–Crippen MR) is 78.1 cm³/mol. The number of rotatable bonds is 6. The Kier molecular flexibility index (Phi) is 4.85. The molecule has 110 valence electrons. The van der Waals surface area contributed by atoms with E-state index in [-0.39, 0.29) is 5.54 Å². The van der Waals surface area contributed by atoms with Crippen LogP contribution in [0.5, 0.6) is 0 Å². The summed E-state index contributed by atoms with van der Waals surface area (Å²) in [5.74, 6) is 1.03. The highest BCUT2D eigenvalue weighted by atomic mass is 16.2. The van der Waals surface area contributed by atoms with Gasteiger partial charge < -0.3 is 15.1 Å². The fraction of sp³-hybridized carbons (Fsp3) is 0.933. The largest absolute Gasteiger partial charge is 0.344 e. The van der Waals surface area contributed by atoms with Crippen LogP contribution in [0.4, 0.5) is 0 Å². The summed E-state index contributed by atoms with van der Waals surface area (Å²) in [6.45, 7) is 3.11. The SMILES string of the molecule is CN(CC1(N(C)C)CCC1)C(=O)CCC1CCNC1. The van der Waals surface area contributed by atoms with Crippen LogP contribution >= 0.6 is 0 Å². The van der Waals surface area contributed by atoms with Crippen LogP contribution in [0.1, 0.15) is 38.5 Å². The number of nitrogens with zero attached hydrogens (tertiary/aromatic N) is 2. The molecule has 2 fully saturated rings. The van der Waals surface area contributed by atoms with Crippen LogP contribution in [0, 0.1) is 5.92 Å². The maximum Gasteiger partial charge on any atom is 0.222 e. The summed E-state index contributed by atoms with van der Waals surface area (Å²) in [6.07, 6.45) is 6.75. The Labute approximate surface area is 117 Å². The molecule has 1 saturated carbocycles. The van der Waals surface area contributed by atoms with Gasteiger partial charge in [0.1, 0.15) is 0 Å². The minimum Gasteiger partial charge on any atom is -0.344 e. The van der Waals surface area contributed by atoms with Crippen molar-refractivity contribution in [1.82, 2.24) is 15.1 Å². The van der Waals surface area contributed by atoms with E-state index in [0.29, 0.717) is 18.2 Å². The molecule has 0 radical (unpaired) electrons. The molecule has 1 saturated heterocycles. The van der Waals surface area contributed by atoms with Gasteiger partial charge in [0.25, 0.3) is 0 Å². The molecule has 4 heteroatoms. The highest BCUT2D eigenvalue weighted by Gasteiger charge is 2.40. The molecule has 1 aliphatic carbocycles. The van der Waals surface area contributed by atoms with Gasteiger partial charge in [-0.05, 0) is 65.2 Å². The molecule has 0 bridgehead atoms. The Hall–Kier alpha value is -0.610. The van der Waals surface area contributed by atoms with Crippen molar-refractivity contribution in [1.29, 1.82) is 0 Å². The zero-order valence-electron chi connectivity index (χ0n) is 12.7. The second-order valence-electron chi connectivity index (χ2n) is 6.62. The van der Waals surface area contributed by atoms with E-state index in [4.69, 9.17) is 0 Å². The molecule has 1 aliphatic heterocycles. The topological polar surface area (TPSA) is 35.6 Å². The van der Waals surface area contributed by atoms with Crippen LogP contribution in [-0.4, -0.2) is 62.0 Å². The molecule has 0 spiro atoms. The summed E-state index contributed by atoms with van der Waals surface area (Å²) >= 11 is 0. The third-order valence-electron chi connectivity index (χ3n) is 5.12. The van der Waals surface area contributed by atoms with E-state index < -0.39 is 0 Å². The van der Waals surface area contributed by atoms with Gasteiger partial charge in [-0.1, -0.05) is 0 Å². The molecule has 0 aromatic carbocycles. The molecule has 1 atom stereocenters. The minimum atomic E-state index is 0.249. The molecule has 0 aromatic heterocycles. The third kappa shape index (κ3) is 3.48. The van der Waals surface area contributed by atoms with E-state index in [9.17, 15) is 4.79 Å². The van der Waals surface area contributed by atoms with Gasteiger partial charge in [0.05, 0.1) is 0 Å². The average Bonchev–Trinajstić information content (AvgIpc) is 2.82. The zero-order valence-corrected chi connectivity index (χ0v) is 12.7. The van der Waals surface area contributed by atoms with Crippen molar-refractivity contribution in [2.75, 3.05) is 40.8 Å². The smallest absolute Gasteiger partial charge is 0.222 e. The maximum atomic E-state index is 12.2. The number of nitrogens with one attached hydrogen (secondary N) is 1. The quantitative estimate of drug-likeness (QED) is 0.788. The lowest BCUT2D eigenvalue weighted by Gasteiger charge is -2.49. The number of hydrogen-bond acceptors (Lipinski definition) is 3. The lowest BCUT2D eigenvalue weighted by Crippen LogP contribution is -2.57. The fourth-order valence-corrected chi connectivity index (χ4v) is 3.34. The first-order chi connectivity index (χ1) is 9.03.